The predicted molar refractivity (Wildman–Crippen MR) is 210 cm³/mol. The van der Waals surface area contributed by atoms with Crippen molar-refractivity contribution in [3.63, 3.8) is 0 Å². The SMILES string of the molecule is CCCCCCCCCCCC(=O)NCCN(CCOCC(=O)[O-])CC(=O)O.CCCCCCCCCCCC(=O)NCCN(CCOCC(=O)[O-])CC(=O)O.[Na+].[Na+]. The zero-order valence-electron chi connectivity index (χ0n) is 36.5. The third-order valence-electron chi connectivity index (χ3n) is 8.78. The maximum absolute atomic E-state index is 11.8. The molecule has 0 aromatic heterocycles. The number of hydrogen-bond donors (Lipinski definition) is 4. The molecule has 0 fully saturated rings. The number of unbranched alkanes of at least 4 members (excludes halogenated alkanes) is 16. The fourth-order valence-electron chi connectivity index (χ4n) is 5.70. The van der Waals surface area contributed by atoms with Crippen molar-refractivity contribution in [1.82, 2.24) is 20.4 Å². The summed E-state index contributed by atoms with van der Waals surface area (Å²) in [6, 6.07) is 0. The molecule has 0 radical (unpaired) electrons. The molecular formula is C40H74N4Na2O12. The molecule has 16 nitrogen and oxygen atoms in total. The third-order valence-corrected chi connectivity index (χ3v) is 8.78. The van der Waals surface area contributed by atoms with Gasteiger partial charge in [-0.25, -0.2) is 0 Å². The average molecular weight is 849 g/mol. The monoisotopic (exact) mass is 849 g/mol. The summed E-state index contributed by atoms with van der Waals surface area (Å²) in [7, 11) is 0. The Labute approximate surface area is 392 Å². The van der Waals surface area contributed by atoms with Crippen LogP contribution >= 0.6 is 0 Å². The van der Waals surface area contributed by atoms with E-state index in [1.807, 2.05) is 0 Å². The van der Waals surface area contributed by atoms with Crippen molar-refractivity contribution in [2.75, 3.05) is 78.8 Å². The van der Waals surface area contributed by atoms with E-state index in [2.05, 4.69) is 24.5 Å². The fraction of sp³-hybridized carbons (Fsp3) is 0.850. The van der Waals surface area contributed by atoms with Crippen LogP contribution in [0.5, 0.6) is 0 Å². The molecule has 0 bridgehead atoms. The van der Waals surface area contributed by atoms with Crippen LogP contribution < -0.4 is 80.0 Å². The molecule has 0 aromatic carbocycles. The summed E-state index contributed by atoms with van der Waals surface area (Å²) in [6.07, 6.45) is 22.6. The maximum Gasteiger partial charge on any atom is 1.00 e. The zero-order chi connectivity index (χ0) is 42.1. The number of carbonyl (C=O) groups is 6. The number of carboxylic acids is 4. The molecule has 0 heterocycles. The molecule has 0 aliphatic heterocycles. The van der Waals surface area contributed by atoms with Crippen molar-refractivity contribution in [1.29, 1.82) is 0 Å². The summed E-state index contributed by atoms with van der Waals surface area (Å²) in [6.45, 7) is 5.16. The van der Waals surface area contributed by atoms with Crippen molar-refractivity contribution in [2.24, 2.45) is 0 Å². The summed E-state index contributed by atoms with van der Waals surface area (Å²) in [5, 5.41) is 44.0. The van der Waals surface area contributed by atoms with Gasteiger partial charge in [0, 0.05) is 52.1 Å². The van der Waals surface area contributed by atoms with Crippen LogP contribution in [-0.2, 0) is 38.2 Å². The van der Waals surface area contributed by atoms with Gasteiger partial charge in [0.25, 0.3) is 0 Å². The zero-order valence-corrected chi connectivity index (χ0v) is 40.5. The number of hydrogen-bond acceptors (Lipinski definition) is 12. The summed E-state index contributed by atoms with van der Waals surface area (Å²) in [5.74, 6) is -4.64. The minimum Gasteiger partial charge on any atom is -0.548 e. The van der Waals surface area contributed by atoms with E-state index in [9.17, 15) is 39.0 Å². The third kappa shape index (κ3) is 52.7. The van der Waals surface area contributed by atoms with E-state index in [-0.39, 0.29) is 110 Å². The Balaban J connectivity index is -0.000000486. The number of aliphatic carboxylic acids is 4. The first-order valence-corrected chi connectivity index (χ1v) is 20.9. The second-order valence-corrected chi connectivity index (χ2v) is 14.0. The number of carbonyl (C=O) groups excluding carboxylic acids is 4. The molecule has 0 saturated carbocycles. The van der Waals surface area contributed by atoms with Crippen LogP contribution in [0.1, 0.15) is 142 Å². The van der Waals surface area contributed by atoms with Gasteiger partial charge in [-0.05, 0) is 12.8 Å². The Morgan fingerprint density at radius 1 is 0.483 bits per heavy atom. The number of rotatable bonds is 40. The fourth-order valence-corrected chi connectivity index (χ4v) is 5.70. The first-order chi connectivity index (χ1) is 26.9. The van der Waals surface area contributed by atoms with E-state index in [4.69, 9.17) is 19.7 Å². The van der Waals surface area contributed by atoms with Gasteiger partial charge in [0.2, 0.25) is 11.8 Å². The minimum absolute atomic E-state index is 0. The Morgan fingerprint density at radius 2 is 0.776 bits per heavy atom. The number of amides is 2. The molecule has 0 saturated heterocycles. The van der Waals surface area contributed by atoms with Crippen LogP contribution in [0.4, 0.5) is 0 Å². The number of ether oxygens (including phenoxy) is 2. The summed E-state index contributed by atoms with van der Waals surface area (Å²) in [5.41, 5.74) is 0. The Hall–Kier alpha value is -1.34. The standard InChI is InChI=1S/2C20H38N2O6.2Na/c2*1-2-3-4-5-6-7-8-9-10-11-18(23)21-12-13-22(16-19(24)25)14-15-28-17-20(26)27;;/h2*2-17H2,1H3,(H,21,23)(H,24,25)(H,26,27);;/q;;2*+1/p-2. The van der Waals surface area contributed by atoms with Crippen molar-refractivity contribution >= 4 is 35.7 Å². The van der Waals surface area contributed by atoms with E-state index >= 15 is 0 Å². The molecule has 18 heteroatoms. The quantitative estimate of drug-likeness (QED) is 0.0344. The molecule has 2 amide bonds. The molecule has 0 rings (SSSR count). The van der Waals surface area contributed by atoms with Gasteiger partial charge in [-0.1, -0.05) is 117 Å². The number of nitrogens with one attached hydrogen (secondary N) is 2. The van der Waals surface area contributed by atoms with Gasteiger partial charge in [-0.2, -0.15) is 0 Å². The van der Waals surface area contributed by atoms with E-state index in [1.54, 1.807) is 9.80 Å². The molecule has 0 aliphatic rings. The van der Waals surface area contributed by atoms with Crippen molar-refractivity contribution in [2.45, 2.75) is 142 Å². The van der Waals surface area contributed by atoms with Gasteiger partial charge in [0.05, 0.1) is 51.5 Å². The summed E-state index contributed by atoms with van der Waals surface area (Å²) < 4.78 is 9.73. The Morgan fingerprint density at radius 3 is 1.05 bits per heavy atom. The van der Waals surface area contributed by atoms with Gasteiger partial charge >= 0.3 is 71.1 Å². The van der Waals surface area contributed by atoms with Crippen LogP contribution in [0.3, 0.4) is 0 Å². The second kappa shape index (κ2) is 48.3. The van der Waals surface area contributed by atoms with Crippen molar-refractivity contribution < 1.29 is 118 Å². The van der Waals surface area contributed by atoms with Gasteiger partial charge in [0.15, 0.2) is 0 Å². The smallest absolute Gasteiger partial charge is 0.548 e. The maximum atomic E-state index is 11.8. The molecule has 0 unspecified atom stereocenters. The first kappa shape index (κ1) is 63.3. The summed E-state index contributed by atoms with van der Waals surface area (Å²) in [4.78, 5) is 69.2. The van der Waals surface area contributed by atoms with Crippen LogP contribution in [0, 0.1) is 0 Å². The topological polar surface area (TPSA) is 238 Å². The van der Waals surface area contributed by atoms with Crippen LogP contribution in [0.15, 0.2) is 0 Å². The second-order valence-electron chi connectivity index (χ2n) is 14.0. The van der Waals surface area contributed by atoms with E-state index in [0.29, 0.717) is 39.0 Å². The molecule has 0 atom stereocenters. The minimum atomic E-state index is -1.31. The van der Waals surface area contributed by atoms with E-state index in [1.165, 1.54) is 77.0 Å². The molecule has 58 heavy (non-hydrogen) atoms. The molecule has 0 spiro atoms. The largest absolute Gasteiger partial charge is 1.00 e. The summed E-state index contributed by atoms with van der Waals surface area (Å²) >= 11 is 0. The van der Waals surface area contributed by atoms with Gasteiger partial charge in [0.1, 0.15) is 0 Å². The van der Waals surface area contributed by atoms with Crippen LogP contribution in [-0.4, -0.2) is 134 Å². The normalized spacial score (nSPS) is 10.6. The van der Waals surface area contributed by atoms with Crippen molar-refractivity contribution in [3.05, 3.63) is 0 Å². The molecule has 328 valence electrons. The molecular weight excluding hydrogens is 774 g/mol. The van der Waals surface area contributed by atoms with Gasteiger partial charge in [-0.3, -0.25) is 29.0 Å². The van der Waals surface area contributed by atoms with Crippen LogP contribution in [0.2, 0.25) is 0 Å². The van der Waals surface area contributed by atoms with E-state index in [0.717, 1.165) is 38.5 Å². The Kier molecular flexibility index (Phi) is 52.7. The first-order valence-electron chi connectivity index (χ1n) is 20.9. The van der Waals surface area contributed by atoms with Crippen LogP contribution in [0.25, 0.3) is 0 Å². The number of nitrogens with zero attached hydrogens (tertiary/aromatic N) is 2. The Bertz CT molecular complexity index is 952. The van der Waals surface area contributed by atoms with Gasteiger partial charge in [-0.15, -0.1) is 0 Å². The average Bonchev–Trinajstić information content (AvgIpc) is 3.13. The van der Waals surface area contributed by atoms with Crippen molar-refractivity contribution in [3.8, 4) is 0 Å². The predicted octanol–water partition coefficient (Wildman–Crippen LogP) is -3.64. The van der Waals surface area contributed by atoms with Gasteiger partial charge < -0.3 is 50.1 Å². The number of carboxylic acid groups (broad SMARTS) is 4. The van der Waals surface area contributed by atoms with E-state index < -0.39 is 37.1 Å². The molecule has 4 N–H and O–H groups in total. The molecule has 0 aliphatic carbocycles. The molecule has 0 aromatic rings.